The standard InChI is InChI=1S/C28H28N4O5S3/c1-3-12-32-27(34)25-23(20-6-4-19(2)5-7-20)17-38-26(25)30-28(32)39-18-24(33)29-21-8-10-22(11-9-21)40(35,36)31-13-15-37-16-14-31/h3-11,17H,1,12-16,18H2,2H3,(H,29,33). The lowest BCUT2D eigenvalue weighted by atomic mass is 10.1. The van der Waals surface area contributed by atoms with Crippen molar-refractivity contribution in [2.24, 2.45) is 0 Å². The van der Waals surface area contributed by atoms with Crippen LogP contribution in [0.15, 0.2) is 81.4 Å². The van der Waals surface area contributed by atoms with Gasteiger partial charge in [0.25, 0.3) is 5.56 Å². The van der Waals surface area contributed by atoms with Gasteiger partial charge in [0.2, 0.25) is 15.9 Å². The summed E-state index contributed by atoms with van der Waals surface area (Å²) in [6, 6.07) is 14.1. The number of hydrogen-bond donors (Lipinski definition) is 1. The van der Waals surface area contributed by atoms with Gasteiger partial charge in [0.05, 0.1) is 29.2 Å². The largest absolute Gasteiger partial charge is 0.379 e. The number of carbonyl (C=O) groups excluding carboxylic acids is 1. The third-order valence-electron chi connectivity index (χ3n) is 6.41. The molecule has 0 spiro atoms. The average Bonchev–Trinajstić information content (AvgIpc) is 3.39. The molecule has 0 atom stereocenters. The molecular formula is C28H28N4O5S3. The number of anilines is 1. The number of aromatic nitrogens is 2. The van der Waals surface area contributed by atoms with Gasteiger partial charge in [-0.2, -0.15) is 4.31 Å². The summed E-state index contributed by atoms with van der Waals surface area (Å²) in [5.74, 6) is -0.293. The van der Waals surface area contributed by atoms with Gasteiger partial charge in [-0.3, -0.25) is 14.2 Å². The summed E-state index contributed by atoms with van der Waals surface area (Å²) in [7, 11) is -3.62. The number of thiophene rings is 1. The van der Waals surface area contributed by atoms with Gasteiger partial charge in [-0.15, -0.1) is 17.9 Å². The number of benzene rings is 2. The van der Waals surface area contributed by atoms with Gasteiger partial charge in [-0.05, 0) is 36.8 Å². The molecule has 1 amide bonds. The van der Waals surface area contributed by atoms with E-state index in [1.807, 2.05) is 36.6 Å². The van der Waals surface area contributed by atoms with E-state index in [1.54, 1.807) is 18.2 Å². The molecule has 208 valence electrons. The lowest BCUT2D eigenvalue weighted by molar-refractivity contribution is -0.113. The van der Waals surface area contributed by atoms with Crippen molar-refractivity contribution in [1.82, 2.24) is 13.9 Å². The first kappa shape index (κ1) is 28.2. The molecule has 0 radical (unpaired) electrons. The van der Waals surface area contributed by atoms with Crippen LogP contribution < -0.4 is 10.9 Å². The maximum atomic E-state index is 13.5. The summed E-state index contributed by atoms with van der Waals surface area (Å²) in [5.41, 5.74) is 3.21. The molecule has 4 aromatic rings. The Morgan fingerprint density at radius 3 is 2.52 bits per heavy atom. The molecule has 1 saturated heterocycles. The van der Waals surface area contributed by atoms with Gasteiger partial charge >= 0.3 is 0 Å². The van der Waals surface area contributed by atoms with Crippen LogP contribution in [0.1, 0.15) is 5.56 Å². The SMILES string of the molecule is C=CCn1c(SCC(=O)Nc2ccc(S(=O)(=O)N3CCOCC3)cc2)nc2scc(-c3ccc(C)cc3)c2c1=O. The second-order valence-corrected chi connectivity index (χ2v) is 12.9. The van der Waals surface area contributed by atoms with Crippen molar-refractivity contribution in [2.45, 2.75) is 23.5 Å². The number of aryl methyl sites for hydroxylation is 1. The Hall–Kier alpha value is -3.29. The number of fused-ring (bicyclic) bond motifs is 1. The van der Waals surface area contributed by atoms with Crippen molar-refractivity contribution >= 4 is 54.9 Å². The molecule has 0 aliphatic carbocycles. The molecule has 2 aromatic heterocycles. The van der Waals surface area contributed by atoms with Crippen molar-refractivity contribution in [3.05, 3.63) is 82.5 Å². The zero-order chi connectivity index (χ0) is 28.3. The van der Waals surface area contributed by atoms with Crippen LogP contribution in [0.3, 0.4) is 0 Å². The first-order valence-electron chi connectivity index (χ1n) is 12.6. The van der Waals surface area contributed by atoms with E-state index in [0.717, 1.165) is 28.5 Å². The van der Waals surface area contributed by atoms with Crippen LogP contribution in [-0.2, 0) is 26.1 Å². The molecule has 3 heterocycles. The third-order valence-corrected chi connectivity index (χ3v) is 10.2. The van der Waals surface area contributed by atoms with Crippen LogP contribution in [0, 0.1) is 6.92 Å². The van der Waals surface area contributed by atoms with Gasteiger partial charge in [0.1, 0.15) is 4.83 Å². The number of sulfonamides is 1. The topological polar surface area (TPSA) is 111 Å². The van der Waals surface area contributed by atoms with E-state index in [0.29, 0.717) is 47.4 Å². The van der Waals surface area contributed by atoms with Crippen molar-refractivity contribution in [3.63, 3.8) is 0 Å². The van der Waals surface area contributed by atoms with E-state index < -0.39 is 10.0 Å². The summed E-state index contributed by atoms with van der Waals surface area (Å²) in [6.45, 7) is 7.41. The normalized spacial score (nSPS) is 14.3. The summed E-state index contributed by atoms with van der Waals surface area (Å²) in [6.07, 6.45) is 1.63. The Balaban J connectivity index is 1.30. The monoisotopic (exact) mass is 596 g/mol. The Bertz CT molecular complexity index is 1710. The molecule has 0 saturated carbocycles. The van der Waals surface area contributed by atoms with E-state index in [1.165, 1.54) is 32.3 Å². The summed E-state index contributed by atoms with van der Waals surface area (Å²) in [4.78, 5) is 31.8. The summed E-state index contributed by atoms with van der Waals surface area (Å²) in [5, 5.41) is 5.70. The molecular weight excluding hydrogens is 569 g/mol. The number of morpholine rings is 1. The highest BCUT2D eigenvalue weighted by molar-refractivity contribution is 7.99. The molecule has 9 nitrogen and oxygen atoms in total. The number of thioether (sulfide) groups is 1. The second-order valence-electron chi connectivity index (χ2n) is 9.17. The predicted molar refractivity (Wildman–Crippen MR) is 160 cm³/mol. The second kappa shape index (κ2) is 12.1. The Kier molecular flexibility index (Phi) is 8.52. The number of nitrogens with one attached hydrogen (secondary N) is 1. The molecule has 40 heavy (non-hydrogen) atoms. The number of hydrogen-bond acceptors (Lipinski definition) is 8. The third kappa shape index (κ3) is 5.91. The fraction of sp³-hybridized carbons (Fsp3) is 0.250. The number of rotatable bonds is 9. The van der Waals surface area contributed by atoms with E-state index in [2.05, 4.69) is 11.9 Å². The minimum Gasteiger partial charge on any atom is -0.379 e. The molecule has 0 bridgehead atoms. The van der Waals surface area contributed by atoms with E-state index in [-0.39, 0.29) is 28.7 Å². The highest BCUT2D eigenvalue weighted by atomic mass is 32.2. The number of nitrogens with zero attached hydrogens (tertiary/aromatic N) is 3. The highest BCUT2D eigenvalue weighted by Gasteiger charge is 2.26. The molecule has 1 aliphatic heterocycles. The van der Waals surface area contributed by atoms with Gasteiger partial charge in [0, 0.05) is 36.3 Å². The zero-order valence-electron chi connectivity index (χ0n) is 21.8. The lowest BCUT2D eigenvalue weighted by Gasteiger charge is -2.26. The van der Waals surface area contributed by atoms with Crippen molar-refractivity contribution < 1.29 is 17.9 Å². The number of amides is 1. The molecule has 1 aliphatic rings. The smallest absolute Gasteiger partial charge is 0.263 e. The van der Waals surface area contributed by atoms with Crippen molar-refractivity contribution in [1.29, 1.82) is 0 Å². The minimum atomic E-state index is -3.62. The van der Waals surface area contributed by atoms with Crippen LogP contribution in [0.2, 0.25) is 0 Å². The minimum absolute atomic E-state index is 0.0130. The molecule has 2 aromatic carbocycles. The number of carbonyl (C=O) groups is 1. The van der Waals surface area contributed by atoms with Gasteiger partial charge in [0.15, 0.2) is 5.16 Å². The zero-order valence-corrected chi connectivity index (χ0v) is 24.3. The van der Waals surface area contributed by atoms with Crippen LogP contribution in [0.25, 0.3) is 21.3 Å². The van der Waals surface area contributed by atoms with Gasteiger partial charge < -0.3 is 10.1 Å². The maximum absolute atomic E-state index is 13.5. The van der Waals surface area contributed by atoms with Crippen LogP contribution in [0.4, 0.5) is 5.69 Å². The Morgan fingerprint density at radius 1 is 1.15 bits per heavy atom. The summed E-state index contributed by atoms with van der Waals surface area (Å²) < 4.78 is 33.8. The number of ether oxygens (including phenoxy) is 1. The van der Waals surface area contributed by atoms with Crippen molar-refractivity contribution in [2.75, 3.05) is 37.4 Å². The van der Waals surface area contributed by atoms with E-state index in [4.69, 9.17) is 9.72 Å². The molecule has 1 fully saturated rings. The fourth-order valence-electron chi connectivity index (χ4n) is 4.33. The van der Waals surface area contributed by atoms with E-state index >= 15 is 0 Å². The predicted octanol–water partition coefficient (Wildman–Crippen LogP) is 4.37. The van der Waals surface area contributed by atoms with Crippen LogP contribution >= 0.6 is 23.1 Å². The average molecular weight is 597 g/mol. The fourth-order valence-corrected chi connectivity index (χ4v) is 7.53. The first-order chi connectivity index (χ1) is 19.3. The quantitative estimate of drug-likeness (QED) is 0.174. The van der Waals surface area contributed by atoms with Crippen LogP contribution in [0.5, 0.6) is 0 Å². The number of allylic oxidation sites excluding steroid dienone is 1. The first-order valence-corrected chi connectivity index (χ1v) is 15.9. The molecule has 1 N–H and O–H groups in total. The highest BCUT2D eigenvalue weighted by Crippen LogP contribution is 2.32. The van der Waals surface area contributed by atoms with Gasteiger partial charge in [-0.1, -0.05) is 47.7 Å². The van der Waals surface area contributed by atoms with Crippen LogP contribution in [-0.4, -0.2) is 60.2 Å². The Morgan fingerprint density at radius 2 is 1.85 bits per heavy atom. The molecule has 0 unspecified atom stereocenters. The molecule has 5 rings (SSSR count). The Labute approximate surface area is 240 Å². The molecule has 12 heteroatoms. The van der Waals surface area contributed by atoms with Gasteiger partial charge in [-0.25, -0.2) is 13.4 Å². The van der Waals surface area contributed by atoms with E-state index in [9.17, 15) is 18.0 Å². The lowest BCUT2D eigenvalue weighted by Crippen LogP contribution is -2.40. The maximum Gasteiger partial charge on any atom is 0.263 e. The van der Waals surface area contributed by atoms with Crippen molar-refractivity contribution in [3.8, 4) is 11.1 Å². The summed E-state index contributed by atoms with van der Waals surface area (Å²) >= 11 is 2.56.